The Morgan fingerprint density at radius 2 is 2.25 bits per heavy atom. The second-order valence-electron chi connectivity index (χ2n) is 2.71. The summed E-state index contributed by atoms with van der Waals surface area (Å²) >= 11 is 4.20. The van der Waals surface area contributed by atoms with E-state index in [1.165, 1.54) is 0 Å². The van der Waals surface area contributed by atoms with Gasteiger partial charge in [-0.1, -0.05) is 12.1 Å². The molecule has 66 valence electrons. The van der Waals surface area contributed by atoms with Crippen molar-refractivity contribution in [1.82, 2.24) is 0 Å². The van der Waals surface area contributed by atoms with Crippen molar-refractivity contribution in [3.8, 4) is 0 Å². The van der Waals surface area contributed by atoms with E-state index in [0.29, 0.717) is 6.42 Å². The molecule has 1 aromatic rings. The molecule has 0 saturated heterocycles. The maximum absolute atomic E-state index is 8.67. The number of aliphatic hydroxyl groups is 1. The first kappa shape index (κ1) is 9.58. The van der Waals surface area contributed by atoms with Gasteiger partial charge in [-0.3, -0.25) is 0 Å². The molecule has 0 unspecified atom stereocenters. The zero-order valence-corrected chi connectivity index (χ0v) is 7.67. The number of hydrogen-bond donors (Lipinski definition) is 3. The SMILES string of the molecule is N[C@@H](CCO)c1cccc(S)c1. The third-order valence-corrected chi connectivity index (χ3v) is 2.02. The van der Waals surface area contributed by atoms with Gasteiger partial charge in [0.25, 0.3) is 0 Å². The van der Waals surface area contributed by atoms with E-state index in [1.807, 2.05) is 24.3 Å². The lowest BCUT2D eigenvalue weighted by atomic mass is 10.1. The Labute approximate surface area is 77.8 Å². The molecule has 2 nitrogen and oxygen atoms in total. The van der Waals surface area contributed by atoms with Crippen LogP contribution >= 0.6 is 12.6 Å². The van der Waals surface area contributed by atoms with E-state index in [4.69, 9.17) is 10.8 Å². The van der Waals surface area contributed by atoms with Gasteiger partial charge in [0.15, 0.2) is 0 Å². The van der Waals surface area contributed by atoms with Crippen LogP contribution in [-0.4, -0.2) is 11.7 Å². The third-order valence-electron chi connectivity index (χ3n) is 1.74. The zero-order valence-electron chi connectivity index (χ0n) is 6.77. The number of nitrogens with two attached hydrogens (primary N) is 1. The summed E-state index contributed by atoms with van der Waals surface area (Å²) in [6, 6.07) is 7.60. The number of aliphatic hydroxyl groups excluding tert-OH is 1. The quantitative estimate of drug-likeness (QED) is 0.620. The maximum Gasteiger partial charge on any atom is 0.0449 e. The highest BCUT2D eigenvalue weighted by Crippen LogP contribution is 2.16. The highest BCUT2D eigenvalue weighted by atomic mass is 32.1. The second kappa shape index (κ2) is 4.50. The van der Waals surface area contributed by atoms with Gasteiger partial charge in [0.1, 0.15) is 0 Å². The summed E-state index contributed by atoms with van der Waals surface area (Å²) in [6.07, 6.45) is 0.594. The van der Waals surface area contributed by atoms with E-state index < -0.39 is 0 Å². The molecule has 0 fully saturated rings. The van der Waals surface area contributed by atoms with E-state index >= 15 is 0 Å². The third kappa shape index (κ3) is 2.52. The van der Waals surface area contributed by atoms with Crippen LogP contribution in [0.3, 0.4) is 0 Å². The van der Waals surface area contributed by atoms with Crippen LogP contribution in [0.25, 0.3) is 0 Å². The van der Waals surface area contributed by atoms with Crippen LogP contribution < -0.4 is 5.73 Å². The van der Waals surface area contributed by atoms with Crippen LogP contribution in [0.4, 0.5) is 0 Å². The lowest BCUT2D eigenvalue weighted by Gasteiger charge is -2.09. The van der Waals surface area contributed by atoms with E-state index in [0.717, 1.165) is 10.5 Å². The fourth-order valence-corrected chi connectivity index (χ4v) is 1.30. The van der Waals surface area contributed by atoms with Gasteiger partial charge in [-0.2, -0.15) is 0 Å². The van der Waals surface area contributed by atoms with Crippen molar-refractivity contribution >= 4 is 12.6 Å². The van der Waals surface area contributed by atoms with Crippen molar-refractivity contribution in [2.24, 2.45) is 5.73 Å². The molecule has 0 aliphatic carbocycles. The molecule has 0 aliphatic rings. The topological polar surface area (TPSA) is 46.2 Å². The number of thiol groups is 1. The first-order valence-electron chi connectivity index (χ1n) is 3.89. The van der Waals surface area contributed by atoms with Gasteiger partial charge in [0.05, 0.1) is 0 Å². The first-order chi connectivity index (χ1) is 5.74. The smallest absolute Gasteiger partial charge is 0.0449 e. The van der Waals surface area contributed by atoms with E-state index in [-0.39, 0.29) is 12.6 Å². The number of rotatable bonds is 3. The Hall–Kier alpha value is -0.510. The molecule has 0 heterocycles. The summed E-state index contributed by atoms with van der Waals surface area (Å²) in [6.45, 7) is 0.123. The molecule has 1 rings (SSSR count). The Morgan fingerprint density at radius 1 is 1.50 bits per heavy atom. The molecule has 3 heteroatoms. The summed E-state index contributed by atoms with van der Waals surface area (Å²) in [5.74, 6) is 0. The molecule has 12 heavy (non-hydrogen) atoms. The average molecular weight is 183 g/mol. The molecular formula is C9H13NOS. The Balaban J connectivity index is 2.73. The van der Waals surface area contributed by atoms with Crippen LogP contribution in [0.15, 0.2) is 29.2 Å². The van der Waals surface area contributed by atoms with Gasteiger partial charge >= 0.3 is 0 Å². The van der Waals surface area contributed by atoms with Gasteiger partial charge in [0.2, 0.25) is 0 Å². The van der Waals surface area contributed by atoms with Crippen molar-refractivity contribution in [3.63, 3.8) is 0 Å². The minimum atomic E-state index is -0.0814. The second-order valence-corrected chi connectivity index (χ2v) is 3.23. The molecule has 0 saturated carbocycles. The van der Waals surface area contributed by atoms with Gasteiger partial charge in [-0.25, -0.2) is 0 Å². The van der Waals surface area contributed by atoms with Crippen LogP contribution in [0.5, 0.6) is 0 Å². The fraction of sp³-hybridized carbons (Fsp3) is 0.333. The van der Waals surface area contributed by atoms with Crippen molar-refractivity contribution in [1.29, 1.82) is 0 Å². The lowest BCUT2D eigenvalue weighted by Crippen LogP contribution is -2.11. The van der Waals surface area contributed by atoms with Gasteiger partial charge < -0.3 is 10.8 Å². The lowest BCUT2D eigenvalue weighted by molar-refractivity contribution is 0.276. The summed E-state index contributed by atoms with van der Waals surface area (Å²) in [5.41, 5.74) is 6.81. The maximum atomic E-state index is 8.67. The molecular weight excluding hydrogens is 170 g/mol. The molecule has 3 N–H and O–H groups in total. The van der Waals surface area contributed by atoms with Gasteiger partial charge in [0, 0.05) is 17.5 Å². The fourth-order valence-electron chi connectivity index (χ4n) is 1.06. The summed E-state index contributed by atoms with van der Waals surface area (Å²) in [7, 11) is 0. The highest BCUT2D eigenvalue weighted by molar-refractivity contribution is 7.80. The number of benzene rings is 1. The van der Waals surface area contributed by atoms with E-state index in [9.17, 15) is 0 Å². The average Bonchev–Trinajstić information content (AvgIpc) is 2.05. The van der Waals surface area contributed by atoms with Crippen LogP contribution in [0.1, 0.15) is 18.0 Å². The van der Waals surface area contributed by atoms with E-state index in [2.05, 4.69) is 12.6 Å². The van der Waals surface area contributed by atoms with Crippen molar-refractivity contribution in [2.75, 3.05) is 6.61 Å². The van der Waals surface area contributed by atoms with Gasteiger partial charge in [-0.05, 0) is 24.1 Å². The monoisotopic (exact) mass is 183 g/mol. The minimum absolute atomic E-state index is 0.0814. The van der Waals surface area contributed by atoms with Crippen molar-refractivity contribution in [2.45, 2.75) is 17.4 Å². The molecule has 1 aromatic carbocycles. The van der Waals surface area contributed by atoms with E-state index in [1.54, 1.807) is 0 Å². The largest absolute Gasteiger partial charge is 0.396 e. The van der Waals surface area contributed by atoms with Crippen LogP contribution in [0.2, 0.25) is 0 Å². The minimum Gasteiger partial charge on any atom is -0.396 e. The standard InChI is InChI=1S/C9H13NOS/c10-9(4-5-11)7-2-1-3-8(12)6-7/h1-3,6,9,11-12H,4-5,10H2/t9-/m0/s1. The van der Waals surface area contributed by atoms with Crippen LogP contribution in [-0.2, 0) is 0 Å². The summed E-state index contributed by atoms with van der Waals surface area (Å²) < 4.78 is 0. The molecule has 0 amide bonds. The molecule has 0 bridgehead atoms. The summed E-state index contributed by atoms with van der Waals surface area (Å²) in [4.78, 5) is 0.904. The first-order valence-corrected chi connectivity index (χ1v) is 4.34. The Bertz CT molecular complexity index is 252. The molecule has 0 spiro atoms. The molecule has 0 radical (unpaired) electrons. The molecule has 0 aromatic heterocycles. The Morgan fingerprint density at radius 3 is 2.83 bits per heavy atom. The zero-order chi connectivity index (χ0) is 8.97. The predicted molar refractivity (Wildman–Crippen MR) is 52.3 cm³/mol. The van der Waals surface area contributed by atoms with Crippen molar-refractivity contribution in [3.05, 3.63) is 29.8 Å². The predicted octanol–water partition coefficient (Wildman–Crippen LogP) is 1.36. The normalized spacial score (nSPS) is 12.9. The number of hydrogen-bond acceptors (Lipinski definition) is 3. The molecule has 0 aliphatic heterocycles. The van der Waals surface area contributed by atoms with Crippen molar-refractivity contribution < 1.29 is 5.11 Å². The Kier molecular flexibility index (Phi) is 3.59. The summed E-state index contributed by atoms with van der Waals surface area (Å²) in [5, 5.41) is 8.67. The highest BCUT2D eigenvalue weighted by Gasteiger charge is 2.03. The van der Waals surface area contributed by atoms with Crippen LogP contribution in [0, 0.1) is 0 Å². The van der Waals surface area contributed by atoms with Gasteiger partial charge in [-0.15, -0.1) is 12.6 Å². The molecule has 1 atom stereocenters.